The Hall–Kier alpha value is -2.69. The third-order valence-corrected chi connectivity index (χ3v) is 3.76. The van der Waals surface area contributed by atoms with Crippen LogP contribution in [0.25, 0.3) is 0 Å². The molecule has 1 aliphatic heterocycles. The number of amides is 2. The number of ether oxygens (including phenoxy) is 2. The fourth-order valence-corrected chi connectivity index (χ4v) is 2.42. The number of urea groups is 1. The van der Waals surface area contributed by atoms with E-state index in [1.54, 1.807) is 0 Å². The van der Waals surface area contributed by atoms with Gasteiger partial charge in [-0.2, -0.15) is 0 Å². The molecule has 0 atom stereocenters. The number of rotatable bonds is 5. The fourth-order valence-electron chi connectivity index (χ4n) is 2.42. The molecule has 5 heteroatoms. The van der Waals surface area contributed by atoms with E-state index in [1.807, 2.05) is 42.5 Å². The number of nitrogens with one attached hydrogen (secondary N) is 2. The normalized spacial score (nSPS) is 12.0. The lowest BCUT2D eigenvalue weighted by molar-refractivity contribution is 0.174. The zero-order valence-corrected chi connectivity index (χ0v) is 13.1. The quantitative estimate of drug-likeness (QED) is 0.890. The fraction of sp³-hybridized carbons (Fsp3) is 0.278. The van der Waals surface area contributed by atoms with Crippen LogP contribution < -0.4 is 20.1 Å². The Morgan fingerprint density at radius 3 is 2.57 bits per heavy atom. The van der Waals surface area contributed by atoms with E-state index in [4.69, 9.17) is 9.47 Å². The highest BCUT2D eigenvalue weighted by atomic mass is 16.7. The van der Waals surface area contributed by atoms with Gasteiger partial charge in [-0.15, -0.1) is 0 Å². The van der Waals surface area contributed by atoms with Crippen LogP contribution in [0.5, 0.6) is 11.5 Å². The second-order valence-electron chi connectivity index (χ2n) is 5.37. The minimum absolute atomic E-state index is 0.199. The maximum atomic E-state index is 11.9. The smallest absolute Gasteiger partial charge is 0.319 e. The van der Waals surface area contributed by atoms with Crippen molar-refractivity contribution in [2.75, 3.05) is 18.7 Å². The summed E-state index contributed by atoms with van der Waals surface area (Å²) in [7, 11) is 0. The second-order valence-corrected chi connectivity index (χ2v) is 5.37. The van der Waals surface area contributed by atoms with Crippen LogP contribution in [0.4, 0.5) is 10.5 Å². The van der Waals surface area contributed by atoms with Crippen molar-refractivity contribution in [3.05, 3.63) is 53.6 Å². The van der Waals surface area contributed by atoms with Crippen molar-refractivity contribution < 1.29 is 14.3 Å². The molecule has 5 nitrogen and oxygen atoms in total. The summed E-state index contributed by atoms with van der Waals surface area (Å²) in [6.45, 7) is 2.93. The lowest BCUT2D eigenvalue weighted by Gasteiger charge is -2.08. The van der Waals surface area contributed by atoms with Crippen molar-refractivity contribution in [3.8, 4) is 11.5 Å². The molecule has 1 aliphatic rings. The first-order valence-electron chi connectivity index (χ1n) is 7.77. The number of carbonyl (C=O) groups is 1. The number of anilines is 1. The summed E-state index contributed by atoms with van der Waals surface area (Å²) in [5.41, 5.74) is 3.14. The molecule has 0 radical (unpaired) electrons. The second kappa shape index (κ2) is 7.05. The van der Waals surface area contributed by atoms with Crippen molar-refractivity contribution in [2.24, 2.45) is 0 Å². The van der Waals surface area contributed by atoms with E-state index in [0.29, 0.717) is 6.54 Å². The highest BCUT2D eigenvalue weighted by molar-refractivity contribution is 5.89. The van der Waals surface area contributed by atoms with Crippen molar-refractivity contribution in [3.63, 3.8) is 0 Å². The van der Waals surface area contributed by atoms with Gasteiger partial charge < -0.3 is 20.1 Å². The minimum atomic E-state index is -0.199. The molecule has 0 aliphatic carbocycles. The summed E-state index contributed by atoms with van der Waals surface area (Å²) in [6, 6.07) is 13.5. The van der Waals surface area contributed by atoms with E-state index in [0.717, 1.165) is 35.6 Å². The zero-order chi connectivity index (χ0) is 16.1. The highest BCUT2D eigenvalue weighted by Crippen LogP contribution is 2.32. The zero-order valence-electron chi connectivity index (χ0n) is 13.1. The average molecular weight is 312 g/mol. The summed E-state index contributed by atoms with van der Waals surface area (Å²) in [5, 5.41) is 5.68. The summed E-state index contributed by atoms with van der Waals surface area (Å²) in [5.74, 6) is 1.54. The first-order chi connectivity index (χ1) is 11.2. The molecular weight excluding hydrogens is 292 g/mol. The van der Waals surface area contributed by atoms with Gasteiger partial charge in [0.2, 0.25) is 6.79 Å². The van der Waals surface area contributed by atoms with Gasteiger partial charge >= 0.3 is 6.03 Å². The molecule has 0 fully saturated rings. The Labute approximate surface area is 135 Å². The van der Waals surface area contributed by atoms with Crippen LogP contribution in [-0.2, 0) is 12.8 Å². The van der Waals surface area contributed by atoms with Crippen molar-refractivity contribution in [1.29, 1.82) is 0 Å². The number of aryl methyl sites for hydroxylation is 1. The average Bonchev–Trinajstić information content (AvgIpc) is 3.03. The molecule has 120 valence electrons. The molecule has 2 amide bonds. The van der Waals surface area contributed by atoms with E-state index < -0.39 is 0 Å². The molecule has 0 unspecified atom stereocenters. The SMILES string of the molecule is CCc1ccc(NC(=O)NCCc2ccc3c(c2)OCO3)cc1. The monoisotopic (exact) mass is 312 g/mol. The Balaban J connectivity index is 1.45. The Morgan fingerprint density at radius 2 is 1.78 bits per heavy atom. The van der Waals surface area contributed by atoms with Crippen molar-refractivity contribution >= 4 is 11.7 Å². The number of benzene rings is 2. The lowest BCUT2D eigenvalue weighted by atomic mass is 10.1. The van der Waals surface area contributed by atoms with Gasteiger partial charge in [-0.25, -0.2) is 4.79 Å². The first-order valence-corrected chi connectivity index (χ1v) is 7.77. The topological polar surface area (TPSA) is 59.6 Å². The number of hydrogen-bond donors (Lipinski definition) is 2. The molecule has 2 aromatic carbocycles. The summed E-state index contributed by atoms with van der Waals surface area (Å²) in [4.78, 5) is 11.9. The van der Waals surface area contributed by atoms with E-state index in [1.165, 1.54) is 5.56 Å². The predicted molar refractivity (Wildman–Crippen MR) is 89.1 cm³/mol. The molecule has 0 saturated carbocycles. The maximum Gasteiger partial charge on any atom is 0.319 e. The van der Waals surface area contributed by atoms with E-state index in [9.17, 15) is 4.79 Å². The molecule has 0 spiro atoms. The predicted octanol–water partition coefficient (Wildman–Crippen LogP) is 3.34. The number of fused-ring (bicyclic) bond motifs is 1. The molecule has 3 rings (SSSR count). The van der Waals surface area contributed by atoms with Crippen LogP contribution in [0.1, 0.15) is 18.1 Å². The number of hydrogen-bond acceptors (Lipinski definition) is 3. The van der Waals surface area contributed by atoms with Gasteiger partial charge in [0.25, 0.3) is 0 Å². The van der Waals surface area contributed by atoms with Crippen LogP contribution in [-0.4, -0.2) is 19.4 Å². The maximum absolute atomic E-state index is 11.9. The summed E-state index contributed by atoms with van der Waals surface area (Å²) >= 11 is 0. The van der Waals surface area contributed by atoms with E-state index in [-0.39, 0.29) is 12.8 Å². The third-order valence-electron chi connectivity index (χ3n) is 3.76. The van der Waals surface area contributed by atoms with Gasteiger partial charge in [-0.05, 0) is 48.2 Å². The standard InChI is InChI=1S/C18H20N2O3/c1-2-13-3-6-15(7-4-13)20-18(21)19-10-9-14-5-8-16-17(11-14)23-12-22-16/h3-8,11H,2,9-10,12H2,1H3,(H2,19,20,21). The first kappa shape index (κ1) is 15.2. The highest BCUT2D eigenvalue weighted by Gasteiger charge is 2.13. The van der Waals surface area contributed by atoms with Crippen LogP contribution >= 0.6 is 0 Å². The molecule has 0 saturated heterocycles. The van der Waals surface area contributed by atoms with E-state index in [2.05, 4.69) is 17.6 Å². The molecule has 0 aromatic heterocycles. The van der Waals surface area contributed by atoms with Crippen LogP contribution in [0.2, 0.25) is 0 Å². The summed E-state index contributed by atoms with van der Waals surface area (Å²) < 4.78 is 10.6. The van der Waals surface area contributed by atoms with Gasteiger partial charge in [0.05, 0.1) is 0 Å². The van der Waals surface area contributed by atoms with Crippen LogP contribution in [0, 0.1) is 0 Å². The number of carbonyl (C=O) groups excluding carboxylic acids is 1. The van der Waals surface area contributed by atoms with Gasteiger partial charge in [0.15, 0.2) is 11.5 Å². The Kier molecular flexibility index (Phi) is 4.66. The largest absolute Gasteiger partial charge is 0.454 e. The Morgan fingerprint density at radius 1 is 1.04 bits per heavy atom. The molecule has 23 heavy (non-hydrogen) atoms. The van der Waals surface area contributed by atoms with Crippen molar-refractivity contribution in [1.82, 2.24) is 5.32 Å². The van der Waals surface area contributed by atoms with E-state index >= 15 is 0 Å². The molecule has 1 heterocycles. The van der Waals surface area contributed by atoms with Crippen molar-refractivity contribution in [2.45, 2.75) is 19.8 Å². The van der Waals surface area contributed by atoms with Gasteiger partial charge in [-0.1, -0.05) is 25.1 Å². The third kappa shape index (κ3) is 3.94. The van der Waals surface area contributed by atoms with Crippen LogP contribution in [0.3, 0.4) is 0 Å². The Bertz CT molecular complexity index is 683. The van der Waals surface area contributed by atoms with Gasteiger partial charge in [-0.3, -0.25) is 0 Å². The molecular formula is C18H20N2O3. The summed E-state index contributed by atoms with van der Waals surface area (Å²) in [6.07, 6.45) is 1.72. The lowest BCUT2D eigenvalue weighted by Crippen LogP contribution is -2.30. The molecule has 2 N–H and O–H groups in total. The molecule has 0 bridgehead atoms. The molecule has 2 aromatic rings. The van der Waals surface area contributed by atoms with Gasteiger partial charge in [0.1, 0.15) is 0 Å². The van der Waals surface area contributed by atoms with Crippen LogP contribution in [0.15, 0.2) is 42.5 Å². The minimum Gasteiger partial charge on any atom is -0.454 e. The van der Waals surface area contributed by atoms with Gasteiger partial charge in [0, 0.05) is 12.2 Å².